The van der Waals surface area contributed by atoms with Crippen LogP contribution in [-0.2, 0) is 10.5 Å². The van der Waals surface area contributed by atoms with Gasteiger partial charge in [-0.1, -0.05) is 24.6 Å². The van der Waals surface area contributed by atoms with Crippen LogP contribution in [0.5, 0.6) is 0 Å². The van der Waals surface area contributed by atoms with E-state index in [-0.39, 0.29) is 11.9 Å². The molecule has 1 aromatic heterocycles. The number of pyridine rings is 1. The molecule has 0 unspecified atom stereocenters. The third-order valence-electron chi connectivity index (χ3n) is 5.79. The van der Waals surface area contributed by atoms with Crippen LogP contribution < -0.4 is 5.32 Å². The molecule has 2 N–H and O–H groups in total. The lowest BCUT2D eigenvalue weighted by Gasteiger charge is -2.23. The van der Waals surface area contributed by atoms with Crippen LogP contribution in [0.1, 0.15) is 24.8 Å². The number of amides is 2. The standard InChI is InChI=1S/C21H23N3O3S/c25-19(26)21-9-4-6-16(21)12-24(14-21)20(27)23-17-7-3-5-15(11-17)13-28-18-8-1-2-10-22-18/h1-3,5,7-8,10-11,16H,4,6,9,12-14H2,(H,23,27)(H,25,26)/t16-,21+/m0/s1. The zero-order valence-electron chi connectivity index (χ0n) is 15.5. The highest BCUT2D eigenvalue weighted by Crippen LogP contribution is 2.48. The van der Waals surface area contributed by atoms with E-state index in [1.807, 2.05) is 42.5 Å². The highest BCUT2D eigenvalue weighted by atomic mass is 32.2. The van der Waals surface area contributed by atoms with Gasteiger partial charge in [0.2, 0.25) is 0 Å². The number of hydrogen-bond donors (Lipinski definition) is 2. The molecular formula is C21H23N3O3S. The molecule has 2 atom stereocenters. The lowest BCUT2D eigenvalue weighted by Crippen LogP contribution is -2.38. The fourth-order valence-electron chi connectivity index (χ4n) is 4.32. The van der Waals surface area contributed by atoms with Gasteiger partial charge in [0, 0.05) is 30.7 Å². The molecule has 2 aromatic rings. The van der Waals surface area contributed by atoms with Crippen molar-refractivity contribution in [1.29, 1.82) is 0 Å². The summed E-state index contributed by atoms with van der Waals surface area (Å²) in [5.74, 6) is 0.0601. The van der Waals surface area contributed by atoms with E-state index in [4.69, 9.17) is 0 Å². The number of nitrogens with one attached hydrogen (secondary N) is 1. The number of hydrogen-bond acceptors (Lipinski definition) is 4. The summed E-state index contributed by atoms with van der Waals surface area (Å²) < 4.78 is 0. The van der Waals surface area contributed by atoms with E-state index in [2.05, 4.69) is 10.3 Å². The number of aliphatic carboxylic acids is 1. The molecular weight excluding hydrogens is 374 g/mol. The molecule has 4 rings (SSSR count). The molecule has 0 bridgehead atoms. The normalized spacial score (nSPS) is 23.4. The number of likely N-dealkylation sites (tertiary alicyclic amines) is 1. The van der Waals surface area contributed by atoms with Gasteiger partial charge in [-0.25, -0.2) is 9.78 Å². The number of benzene rings is 1. The van der Waals surface area contributed by atoms with Gasteiger partial charge in [-0.3, -0.25) is 4.79 Å². The minimum Gasteiger partial charge on any atom is -0.481 e. The number of carbonyl (C=O) groups excluding carboxylic acids is 1. The average Bonchev–Trinajstić information content (AvgIpc) is 3.26. The number of carboxylic acid groups (broad SMARTS) is 1. The lowest BCUT2D eigenvalue weighted by atomic mass is 9.81. The van der Waals surface area contributed by atoms with Crippen molar-refractivity contribution in [3.63, 3.8) is 0 Å². The molecule has 7 heteroatoms. The molecule has 146 valence electrons. The fourth-order valence-corrected chi connectivity index (χ4v) is 5.13. The molecule has 1 aliphatic carbocycles. The fraction of sp³-hybridized carbons (Fsp3) is 0.381. The number of carboxylic acids is 1. The topological polar surface area (TPSA) is 82.5 Å². The van der Waals surface area contributed by atoms with E-state index in [1.165, 1.54) is 0 Å². The molecule has 28 heavy (non-hydrogen) atoms. The third kappa shape index (κ3) is 3.71. The zero-order valence-corrected chi connectivity index (χ0v) is 16.3. The second kappa shape index (κ2) is 7.83. The van der Waals surface area contributed by atoms with E-state index < -0.39 is 11.4 Å². The van der Waals surface area contributed by atoms with Crippen molar-refractivity contribution in [1.82, 2.24) is 9.88 Å². The van der Waals surface area contributed by atoms with Crippen molar-refractivity contribution in [2.24, 2.45) is 11.3 Å². The van der Waals surface area contributed by atoms with Crippen LogP contribution in [0.25, 0.3) is 0 Å². The number of anilines is 1. The van der Waals surface area contributed by atoms with Gasteiger partial charge in [0.1, 0.15) is 0 Å². The van der Waals surface area contributed by atoms with Gasteiger partial charge in [0.15, 0.2) is 0 Å². The molecule has 6 nitrogen and oxygen atoms in total. The van der Waals surface area contributed by atoms with Crippen LogP contribution in [0.4, 0.5) is 10.5 Å². The van der Waals surface area contributed by atoms with Gasteiger partial charge in [0.05, 0.1) is 10.4 Å². The molecule has 1 aromatic carbocycles. The van der Waals surface area contributed by atoms with E-state index >= 15 is 0 Å². The van der Waals surface area contributed by atoms with Crippen molar-refractivity contribution < 1.29 is 14.7 Å². The molecule has 0 spiro atoms. The minimum atomic E-state index is -0.765. The van der Waals surface area contributed by atoms with Crippen molar-refractivity contribution in [2.75, 3.05) is 18.4 Å². The molecule has 2 heterocycles. The average molecular weight is 398 g/mol. The first-order valence-electron chi connectivity index (χ1n) is 9.49. The van der Waals surface area contributed by atoms with Crippen LogP contribution in [0.2, 0.25) is 0 Å². The summed E-state index contributed by atoms with van der Waals surface area (Å²) in [5.41, 5.74) is 1.07. The Morgan fingerprint density at radius 3 is 2.93 bits per heavy atom. The highest BCUT2D eigenvalue weighted by Gasteiger charge is 2.55. The third-order valence-corrected chi connectivity index (χ3v) is 6.80. The molecule has 2 amide bonds. The van der Waals surface area contributed by atoms with Gasteiger partial charge < -0.3 is 15.3 Å². The number of fused-ring (bicyclic) bond motifs is 1. The summed E-state index contributed by atoms with van der Waals surface area (Å²) in [4.78, 5) is 30.5. The number of aromatic nitrogens is 1. The molecule has 2 fully saturated rings. The smallest absolute Gasteiger partial charge is 0.321 e. The van der Waals surface area contributed by atoms with Crippen molar-refractivity contribution >= 4 is 29.4 Å². The predicted octanol–water partition coefficient (Wildman–Crippen LogP) is 4.09. The Bertz CT molecular complexity index is 876. The number of rotatable bonds is 5. The maximum absolute atomic E-state index is 12.7. The van der Waals surface area contributed by atoms with E-state index in [1.54, 1.807) is 22.9 Å². The lowest BCUT2D eigenvalue weighted by molar-refractivity contribution is -0.149. The summed E-state index contributed by atoms with van der Waals surface area (Å²) >= 11 is 1.64. The van der Waals surface area contributed by atoms with Crippen LogP contribution in [0, 0.1) is 11.3 Å². The molecule has 1 aliphatic heterocycles. The second-order valence-electron chi connectivity index (χ2n) is 7.52. The van der Waals surface area contributed by atoms with Crippen LogP contribution >= 0.6 is 11.8 Å². The summed E-state index contributed by atoms with van der Waals surface area (Å²) in [7, 11) is 0. The molecule has 2 aliphatic rings. The van der Waals surface area contributed by atoms with Crippen molar-refractivity contribution in [2.45, 2.75) is 30.0 Å². The monoisotopic (exact) mass is 397 g/mol. The minimum absolute atomic E-state index is 0.0665. The van der Waals surface area contributed by atoms with Crippen LogP contribution in [0.15, 0.2) is 53.7 Å². The van der Waals surface area contributed by atoms with E-state index in [0.29, 0.717) is 19.5 Å². The number of urea groups is 1. The van der Waals surface area contributed by atoms with Crippen LogP contribution in [-0.4, -0.2) is 40.1 Å². The summed E-state index contributed by atoms with van der Waals surface area (Å²) in [6, 6.07) is 13.4. The molecule has 1 saturated carbocycles. The van der Waals surface area contributed by atoms with E-state index in [0.717, 1.165) is 34.9 Å². The van der Waals surface area contributed by atoms with Gasteiger partial charge >= 0.3 is 12.0 Å². The summed E-state index contributed by atoms with van der Waals surface area (Å²) in [6.07, 6.45) is 4.25. The maximum Gasteiger partial charge on any atom is 0.321 e. The Balaban J connectivity index is 1.38. The first-order chi connectivity index (χ1) is 13.6. The second-order valence-corrected chi connectivity index (χ2v) is 8.51. The Kier molecular flexibility index (Phi) is 5.26. The number of nitrogens with zero attached hydrogens (tertiary/aromatic N) is 2. The Hall–Kier alpha value is -2.54. The van der Waals surface area contributed by atoms with Gasteiger partial charge in [-0.05, 0) is 48.6 Å². The van der Waals surface area contributed by atoms with Gasteiger partial charge in [0.25, 0.3) is 0 Å². The Morgan fingerprint density at radius 1 is 1.29 bits per heavy atom. The van der Waals surface area contributed by atoms with Gasteiger partial charge in [-0.15, -0.1) is 11.8 Å². The van der Waals surface area contributed by atoms with Crippen molar-refractivity contribution in [3.05, 3.63) is 54.2 Å². The van der Waals surface area contributed by atoms with Gasteiger partial charge in [-0.2, -0.15) is 0 Å². The Labute approximate surface area is 168 Å². The molecule has 1 saturated heterocycles. The quantitative estimate of drug-likeness (QED) is 0.743. The highest BCUT2D eigenvalue weighted by molar-refractivity contribution is 7.98. The number of carbonyl (C=O) groups is 2. The SMILES string of the molecule is O=C(Nc1cccc(CSc2ccccn2)c1)N1C[C@@H]2CCC[C@@]2(C(=O)O)C1. The van der Waals surface area contributed by atoms with Crippen LogP contribution in [0.3, 0.4) is 0 Å². The summed E-state index contributed by atoms with van der Waals surface area (Å²) in [5, 5.41) is 13.6. The molecule has 0 radical (unpaired) electrons. The summed E-state index contributed by atoms with van der Waals surface area (Å²) in [6.45, 7) is 0.821. The maximum atomic E-state index is 12.7. The zero-order chi connectivity index (χ0) is 19.6. The van der Waals surface area contributed by atoms with E-state index in [9.17, 15) is 14.7 Å². The predicted molar refractivity (Wildman–Crippen MR) is 108 cm³/mol. The largest absolute Gasteiger partial charge is 0.481 e. The number of thioether (sulfide) groups is 1. The first kappa shape index (κ1) is 18.8. The first-order valence-corrected chi connectivity index (χ1v) is 10.5. The Morgan fingerprint density at radius 2 is 2.18 bits per heavy atom. The van der Waals surface area contributed by atoms with Crippen molar-refractivity contribution in [3.8, 4) is 0 Å².